The van der Waals surface area contributed by atoms with E-state index in [0.717, 1.165) is 6.26 Å². The summed E-state index contributed by atoms with van der Waals surface area (Å²) >= 11 is 0. The van der Waals surface area contributed by atoms with Crippen LogP contribution < -0.4 is 10.5 Å². The van der Waals surface area contributed by atoms with Crippen LogP contribution in [0.5, 0.6) is 5.75 Å². The van der Waals surface area contributed by atoms with Crippen molar-refractivity contribution in [1.29, 1.82) is 0 Å². The van der Waals surface area contributed by atoms with Gasteiger partial charge in [0, 0.05) is 11.8 Å². The summed E-state index contributed by atoms with van der Waals surface area (Å²) in [5.41, 5.74) is 5.83. The van der Waals surface area contributed by atoms with Gasteiger partial charge < -0.3 is 10.5 Å². The molecule has 0 spiro atoms. The fourth-order valence-corrected chi connectivity index (χ4v) is 2.53. The van der Waals surface area contributed by atoms with Crippen molar-refractivity contribution in [2.75, 3.05) is 13.4 Å². The molecular weight excluding hydrogens is 226 g/mol. The molecule has 0 aliphatic rings. The van der Waals surface area contributed by atoms with Gasteiger partial charge in [0.1, 0.15) is 5.75 Å². The highest BCUT2D eigenvalue weighted by Gasteiger charge is 2.23. The van der Waals surface area contributed by atoms with Gasteiger partial charge in [0.2, 0.25) is 0 Å². The highest BCUT2D eigenvalue weighted by molar-refractivity contribution is 7.90. The number of hydrogen-bond donors (Lipinski definition) is 1. The van der Waals surface area contributed by atoms with Crippen LogP contribution in [0.2, 0.25) is 0 Å². The van der Waals surface area contributed by atoms with Crippen LogP contribution in [0.15, 0.2) is 23.1 Å². The Morgan fingerprint density at radius 3 is 2.25 bits per heavy atom. The summed E-state index contributed by atoms with van der Waals surface area (Å²) in [6.07, 6.45) is 1.16. The molecule has 0 fully saturated rings. The minimum Gasteiger partial charge on any atom is -0.497 e. The molecule has 90 valence electrons. The van der Waals surface area contributed by atoms with E-state index in [2.05, 4.69) is 0 Å². The molecule has 0 aliphatic heterocycles. The predicted molar refractivity (Wildman–Crippen MR) is 63.3 cm³/mol. The summed E-state index contributed by atoms with van der Waals surface area (Å²) in [6, 6.07) is 4.90. The maximum atomic E-state index is 11.7. The number of hydrogen-bond acceptors (Lipinski definition) is 4. The molecule has 1 aromatic rings. The van der Waals surface area contributed by atoms with Gasteiger partial charge in [-0.1, -0.05) is 6.07 Å². The lowest BCUT2D eigenvalue weighted by Gasteiger charge is -2.22. The Bertz CT molecular complexity index is 486. The lowest BCUT2D eigenvalue weighted by atomic mass is 9.95. The van der Waals surface area contributed by atoms with Crippen LogP contribution in [-0.2, 0) is 15.4 Å². The van der Waals surface area contributed by atoms with Gasteiger partial charge in [-0.25, -0.2) is 8.42 Å². The SMILES string of the molecule is COc1ccc(C(C)(C)N)c(S(C)(=O)=O)c1. The van der Waals surface area contributed by atoms with Gasteiger partial charge in [-0.3, -0.25) is 0 Å². The minimum atomic E-state index is -3.31. The molecule has 1 aromatic carbocycles. The summed E-state index contributed by atoms with van der Waals surface area (Å²) in [4.78, 5) is 0.222. The second-order valence-electron chi connectivity index (χ2n) is 4.36. The first kappa shape index (κ1) is 13.0. The Balaban J connectivity index is 3.52. The standard InChI is InChI=1S/C11H17NO3S/c1-11(2,12)9-6-5-8(15-3)7-10(9)16(4,13)14/h5-7H,12H2,1-4H3. The van der Waals surface area contributed by atoms with Crippen molar-refractivity contribution < 1.29 is 13.2 Å². The average molecular weight is 243 g/mol. The Morgan fingerprint density at radius 2 is 1.88 bits per heavy atom. The molecule has 0 heterocycles. The van der Waals surface area contributed by atoms with Crippen molar-refractivity contribution >= 4 is 9.84 Å². The number of nitrogens with two attached hydrogens (primary N) is 1. The van der Waals surface area contributed by atoms with E-state index in [0.29, 0.717) is 11.3 Å². The van der Waals surface area contributed by atoms with Gasteiger partial charge in [0.25, 0.3) is 0 Å². The van der Waals surface area contributed by atoms with Crippen LogP contribution >= 0.6 is 0 Å². The zero-order chi connectivity index (χ0) is 12.6. The quantitative estimate of drug-likeness (QED) is 0.868. The molecule has 0 saturated heterocycles. The molecule has 0 bridgehead atoms. The van der Waals surface area contributed by atoms with Crippen LogP contribution in [0.4, 0.5) is 0 Å². The van der Waals surface area contributed by atoms with E-state index >= 15 is 0 Å². The first-order chi connectivity index (χ1) is 7.16. The zero-order valence-electron chi connectivity index (χ0n) is 9.94. The van der Waals surface area contributed by atoms with Gasteiger partial charge >= 0.3 is 0 Å². The summed E-state index contributed by atoms with van der Waals surface area (Å²) < 4.78 is 28.3. The van der Waals surface area contributed by atoms with Crippen LogP contribution in [0.25, 0.3) is 0 Å². The van der Waals surface area contributed by atoms with E-state index in [1.54, 1.807) is 26.0 Å². The third kappa shape index (κ3) is 2.74. The third-order valence-corrected chi connectivity index (χ3v) is 3.42. The lowest BCUT2D eigenvalue weighted by molar-refractivity contribution is 0.412. The number of benzene rings is 1. The molecule has 0 aliphatic carbocycles. The van der Waals surface area contributed by atoms with Crippen molar-refractivity contribution in [2.24, 2.45) is 5.73 Å². The van der Waals surface area contributed by atoms with E-state index < -0.39 is 15.4 Å². The highest BCUT2D eigenvalue weighted by atomic mass is 32.2. The number of rotatable bonds is 3. The van der Waals surface area contributed by atoms with Crippen LogP contribution in [0, 0.1) is 0 Å². The molecular formula is C11H17NO3S. The molecule has 0 amide bonds. The molecule has 1 rings (SSSR count). The van der Waals surface area contributed by atoms with Crippen molar-refractivity contribution in [3.05, 3.63) is 23.8 Å². The van der Waals surface area contributed by atoms with Gasteiger partial charge in [-0.05, 0) is 31.5 Å². The molecule has 0 unspecified atom stereocenters. The van der Waals surface area contributed by atoms with Gasteiger partial charge in [-0.15, -0.1) is 0 Å². The summed E-state index contributed by atoms with van der Waals surface area (Å²) in [5.74, 6) is 0.508. The number of sulfone groups is 1. The third-order valence-electron chi connectivity index (χ3n) is 2.28. The Labute approximate surface area is 96.3 Å². The van der Waals surface area contributed by atoms with Gasteiger partial charge in [-0.2, -0.15) is 0 Å². The molecule has 5 heteroatoms. The maximum absolute atomic E-state index is 11.7. The average Bonchev–Trinajstić information content (AvgIpc) is 2.14. The normalized spacial score (nSPS) is 12.6. The number of methoxy groups -OCH3 is 1. The Morgan fingerprint density at radius 1 is 1.31 bits per heavy atom. The minimum absolute atomic E-state index is 0.222. The highest BCUT2D eigenvalue weighted by Crippen LogP contribution is 2.28. The molecule has 2 N–H and O–H groups in total. The first-order valence-electron chi connectivity index (χ1n) is 4.83. The first-order valence-corrected chi connectivity index (χ1v) is 6.73. The number of ether oxygens (including phenoxy) is 1. The second kappa shape index (κ2) is 4.07. The summed E-state index contributed by atoms with van der Waals surface area (Å²) in [6.45, 7) is 3.53. The zero-order valence-corrected chi connectivity index (χ0v) is 10.8. The van der Waals surface area contributed by atoms with Crippen molar-refractivity contribution in [3.63, 3.8) is 0 Å². The maximum Gasteiger partial charge on any atom is 0.175 e. The fourth-order valence-electron chi connectivity index (χ4n) is 1.47. The Kier molecular flexibility index (Phi) is 3.30. The lowest BCUT2D eigenvalue weighted by Crippen LogP contribution is -2.30. The molecule has 0 aromatic heterocycles. The van der Waals surface area contributed by atoms with E-state index in [-0.39, 0.29) is 4.90 Å². The van der Waals surface area contributed by atoms with Crippen molar-refractivity contribution in [2.45, 2.75) is 24.3 Å². The topological polar surface area (TPSA) is 69.4 Å². The molecule has 0 atom stereocenters. The van der Waals surface area contributed by atoms with E-state index in [1.165, 1.54) is 13.2 Å². The van der Waals surface area contributed by atoms with Crippen LogP contribution in [0.1, 0.15) is 19.4 Å². The van der Waals surface area contributed by atoms with Gasteiger partial charge in [0.05, 0.1) is 12.0 Å². The van der Waals surface area contributed by atoms with Gasteiger partial charge in [0.15, 0.2) is 9.84 Å². The smallest absolute Gasteiger partial charge is 0.175 e. The molecule has 4 nitrogen and oxygen atoms in total. The van der Waals surface area contributed by atoms with E-state index in [1.807, 2.05) is 0 Å². The van der Waals surface area contributed by atoms with Crippen molar-refractivity contribution in [3.8, 4) is 5.75 Å². The van der Waals surface area contributed by atoms with Crippen LogP contribution in [-0.4, -0.2) is 21.8 Å². The summed E-state index contributed by atoms with van der Waals surface area (Å²) in [5, 5.41) is 0. The molecule has 16 heavy (non-hydrogen) atoms. The monoisotopic (exact) mass is 243 g/mol. The second-order valence-corrected chi connectivity index (χ2v) is 6.34. The largest absolute Gasteiger partial charge is 0.497 e. The Hall–Kier alpha value is -1.07. The van der Waals surface area contributed by atoms with Crippen LogP contribution in [0.3, 0.4) is 0 Å². The predicted octanol–water partition coefficient (Wildman–Crippen LogP) is 1.29. The van der Waals surface area contributed by atoms with E-state index in [9.17, 15) is 8.42 Å². The van der Waals surface area contributed by atoms with Crippen molar-refractivity contribution in [1.82, 2.24) is 0 Å². The molecule has 0 saturated carbocycles. The molecule has 0 radical (unpaired) electrons. The van der Waals surface area contributed by atoms with E-state index in [4.69, 9.17) is 10.5 Å². The summed E-state index contributed by atoms with van der Waals surface area (Å²) in [7, 11) is -1.81. The fraction of sp³-hybridized carbons (Fsp3) is 0.455.